The lowest BCUT2D eigenvalue weighted by Gasteiger charge is -2.12. The van der Waals surface area contributed by atoms with Gasteiger partial charge in [-0.3, -0.25) is 0 Å². The first kappa shape index (κ1) is 15.6. The highest BCUT2D eigenvalue weighted by Gasteiger charge is 2.15. The third-order valence-electron chi connectivity index (χ3n) is 2.67. The number of ether oxygens (including phenoxy) is 1. The summed E-state index contributed by atoms with van der Waals surface area (Å²) < 4.78 is 5.80. The van der Waals surface area contributed by atoms with E-state index in [4.69, 9.17) is 22.1 Å². The number of halogens is 2. The molecule has 0 aliphatic carbocycles. The average Bonchev–Trinajstić information content (AvgIpc) is 2.45. The summed E-state index contributed by atoms with van der Waals surface area (Å²) in [6, 6.07) is 6.86. The van der Waals surface area contributed by atoms with Crippen molar-refractivity contribution in [3.63, 3.8) is 0 Å². The Morgan fingerprint density at radius 1 is 1.48 bits per heavy atom. The predicted molar refractivity (Wildman–Crippen MR) is 87.0 cm³/mol. The molecule has 0 aliphatic heterocycles. The molecule has 0 atom stereocenters. The predicted octanol–water partition coefficient (Wildman–Crippen LogP) is 4.00. The topological polar surface area (TPSA) is 77.2 Å². The second-order valence-electron chi connectivity index (χ2n) is 4.09. The first-order chi connectivity index (χ1) is 10.0. The van der Waals surface area contributed by atoms with Crippen molar-refractivity contribution < 1.29 is 9.53 Å². The van der Waals surface area contributed by atoms with Gasteiger partial charge < -0.3 is 15.8 Å². The van der Waals surface area contributed by atoms with E-state index in [9.17, 15) is 4.79 Å². The van der Waals surface area contributed by atoms with Gasteiger partial charge in [0, 0.05) is 10.7 Å². The van der Waals surface area contributed by atoms with E-state index in [2.05, 4.69) is 26.2 Å². The number of benzene rings is 1. The molecule has 2 aromatic rings. The Morgan fingerprint density at radius 3 is 2.95 bits per heavy atom. The average molecular weight is 371 g/mol. The number of nitrogens with one attached hydrogen (secondary N) is 1. The van der Waals surface area contributed by atoms with Crippen LogP contribution in [-0.2, 0) is 4.74 Å². The van der Waals surface area contributed by atoms with Crippen LogP contribution in [-0.4, -0.2) is 17.6 Å². The van der Waals surface area contributed by atoms with Crippen molar-refractivity contribution in [1.82, 2.24) is 4.98 Å². The molecule has 1 aromatic heterocycles. The van der Waals surface area contributed by atoms with E-state index in [-0.39, 0.29) is 17.9 Å². The third kappa shape index (κ3) is 3.65. The van der Waals surface area contributed by atoms with Crippen molar-refractivity contribution in [3.05, 3.63) is 45.5 Å². The molecule has 1 heterocycles. The molecule has 0 amide bonds. The Balaban J connectivity index is 2.35. The Kier molecular flexibility index (Phi) is 5.03. The van der Waals surface area contributed by atoms with Gasteiger partial charge in [0.25, 0.3) is 0 Å². The molecule has 1 aromatic carbocycles. The fraction of sp³-hybridized carbons (Fsp3) is 0.143. The maximum Gasteiger partial charge on any atom is 0.340 e. The summed E-state index contributed by atoms with van der Waals surface area (Å²) in [6.45, 7) is 2.01. The van der Waals surface area contributed by atoms with Crippen molar-refractivity contribution in [1.29, 1.82) is 0 Å². The van der Waals surface area contributed by atoms with Crippen LogP contribution < -0.4 is 11.1 Å². The molecule has 0 radical (unpaired) electrons. The van der Waals surface area contributed by atoms with Gasteiger partial charge in [0.15, 0.2) is 5.82 Å². The monoisotopic (exact) mass is 369 g/mol. The fourth-order valence-corrected chi connectivity index (χ4v) is 2.21. The first-order valence-corrected chi connectivity index (χ1v) is 7.33. The number of carbonyl (C=O) groups is 1. The molecule has 0 unspecified atom stereocenters. The maximum absolute atomic E-state index is 11.8. The highest BCUT2D eigenvalue weighted by atomic mass is 79.9. The lowest BCUT2D eigenvalue weighted by molar-refractivity contribution is 0.0527. The summed E-state index contributed by atoms with van der Waals surface area (Å²) in [4.78, 5) is 15.9. The SMILES string of the molecule is CCOC(=O)c1ccnc(Nc2cc(Br)ccc2Cl)c1N. The minimum Gasteiger partial charge on any atom is -0.462 e. The number of carbonyl (C=O) groups excluding carboxylic acids is 1. The number of esters is 1. The van der Waals surface area contributed by atoms with Crippen LogP contribution in [0.15, 0.2) is 34.9 Å². The Bertz CT molecular complexity index is 679. The summed E-state index contributed by atoms with van der Waals surface area (Å²) in [6.07, 6.45) is 1.48. The van der Waals surface area contributed by atoms with E-state index in [1.807, 2.05) is 6.07 Å². The number of pyridine rings is 1. The van der Waals surface area contributed by atoms with Crippen LogP contribution >= 0.6 is 27.5 Å². The number of aromatic nitrogens is 1. The number of rotatable bonds is 4. The minimum atomic E-state index is -0.485. The van der Waals surface area contributed by atoms with Crippen molar-refractivity contribution in [2.24, 2.45) is 0 Å². The summed E-state index contributed by atoms with van der Waals surface area (Å²) in [5.41, 5.74) is 7.08. The lowest BCUT2D eigenvalue weighted by atomic mass is 10.2. The van der Waals surface area contributed by atoms with Gasteiger partial charge in [-0.25, -0.2) is 9.78 Å². The highest BCUT2D eigenvalue weighted by Crippen LogP contribution is 2.31. The lowest BCUT2D eigenvalue weighted by Crippen LogP contribution is -2.10. The second kappa shape index (κ2) is 6.78. The molecular formula is C14H13BrClN3O2. The van der Waals surface area contributed by atoms with E-state index in [0.29, 0.717) is 16.5 Å². The smallest absolute Gasteiger partial charge is 0.340 e. The number of hydrogen-bond acceptors (Lipinski definition) is 5. The number of nitrogen functional groups attached to an aromatic ring is 1. The van der Waals surface area contributed by atoms with Crippen LogP contribution in [0.2, 0.25) is 5.02 Å². The molecule has 0 aliphatic rings. The molecule has 0 spiro atoms. The second-order valence-corrected chi connectivity index (χ2v) is 5.41. The van der Waals surface area contributed by atoms with Gasteiger partial charge in [0.2, 0.25) is 0 Å². The van der Waals surface area contributed by atoms with Crippen LogP contribution in [0, 0.1) is 0 Å². The molecule has 2 rings (SSSR count). The van der Waals surface area contributed by atoms with Crippen LogP contribution in [0.25, 0.3) is 0 Å². The molecule has 7 heteroatoms. The quantitative estimate of drug-likeness (QED) is 0.795. The van der Waals surface area contributed by atoms with Crippen molar-refractivity contribution in [3.8, 4) is 0 Å². The van der Waals surface area contributed by atoms with E-state index < -0.39 is 5.97 Å². The minimum absolute atomic E-state index is 0.215. The summed E-state index contributed by atoms with van der Waals surface area (Å²) in [5.74, 6) is -0.138. The van der Waals surface area contributed by atoms with Crippen molar-refractivity contribution in [2.75, 3.05) is 17.7 Å². The zero-order chi connectivity index (χ0) is 15.4. The molecule has 0 bridgehead atoms. The normalized spacial score (nSPS) is 10.2. The Hall–Kier alpha value is -1.79. The van der Waals surface area contributed by atoms with Gasteiger partial charge in [0.1, 0.15) is 0 Å². The molecule has 21 heavy (non-hydrogen) atoms. The zero-order valence-corrected chi connectivity index (χ0v) is 13.5. The molecule has 3 N–H and O–H groups in total. The van der Waals surface area contributed by atoms with E-state index >= 15 is 0 Å². The van der Waals surface area contributed by atoms with Crippen LogP contribution in [0.1, 0.15) is 17.3 Å². The molecule has 110 valence electrons. The van der Waals surface area contributed by atoms with Gasteiger partial charge >= 0.3 is 5.97 Å². The number of nitrogens with two attached hydrogens (primary N) is 1. The third-order valence-corrected chi connectivity index (χ3v) is 3.49. The Labute approximate surface area is 135 Å². The van der Waals surface area contributed by atoms with Crippen LogP contribution in [0.5, 0.6) is 0 Å². The molecule has 0 fully saturated rings. The number of anilines is 3. The van der Waals surface area contributed by atoms with Gasteiger partial charge in [-0.05, 0) is 31.2 Å². The van der Waals surface area contributed by atoms with E-state index in [1.54, 1.807) is 19.1 Å². The van der Waals surface area contributed by atoms with Gasteiger partial charge in [-0.2, -0.15) is 0 Å². The van der Waals surface area contributed by atoms with Crippen molar-refractivity contribution in [2.45, 2.75) is 6.92 Å². The van der Waals surface area contributed by atoms with Crippen LogP contribution in [0.3, 0.4) is 0 Å². The van der Waals surface area contributed by atoms with Crippen molar-refractivity contribution >= 4 is 50.7 Å². The molecule has 5 nitrogen and oxygen atoms in total. The van der Waals surface area contributed by atoms with Gasteiger partial charge in [-0.15, -0.1) is 0 Å². The molecule has 0 saturated heterocycles. The summed E-state index contributed by atoms with van der Waals surface area (Å²) in [7, 11) is 0. The van der Waals surface area contributed by atoms with Crippen LogP contribution in [0.4, 0.5) is 17.2 Å². The standard InChI is InChI=1S/C14H13BrClN3O2/c1-2-21-14(20)9-5-6-18-13(12(9)17)19-11-7-8(15)3-4-10(11)16/h3-7H,2,17H2,1H3,(H,18,19). The van der Waals surface area contributed by atoms with Gasteiger partial charge in [0.05, 0.1) is 28.6 Å². The number of nitrogens with zero attached hydrogens (tertiary/aromatic N) is 1. The Morgan fingerprint density at radius 2 is 2.24 bits per heavy atom. The maximum atomic E-state index is 11.8. The van der Waals surface area contributed by atoms with Gasteiger partial charge in [-0.1, -0.05) is 27.5 Å². The summed E-state index contributed by atoms with van der Waals surface area (Å²) >= 11 is 9.47. The highest BCUT2D eigenvalue weighted by molar-refractivity contribution is 9.10. The fourth-order valence-electron chi connectivity index (χ4n) is 1.68. The van der Waals surface area contributed by atoms with E-state index in [1.165, 1.54) is 12.3 Å². The number of hydrogen-bond donors (Lipinski definition) is 2. The molecule has 0 saturated carbocycles. The summed E-state index contributed by atoms with van der Waals surface area (Å²) in [5, 5.41) is 3.53. The first-order valence-electron chi connectivity index (χ1n) is 6.16. The largest absolute Gasteiger partial charge is 0.462 e. The molecular weight excluding hydrogens is 358 g/mol. The zero-order valence-electron chi connectivity index (χ0n) is 11.2. The van der Waals surface area contributed by atoms with E-state index in [0.717, 1.165) is 4.47 Å².